The van der Waals surface area contributed by atoms with Crippen molar-refractivity contribution in [1.29, 1.82) is 0 Å². The SMILES string of the molecule is O=C(CCC(=O)N1CCSc2ccccc21)Nc1ccc(Nc2ccccc2)cc1. The quantitative estimate of drug-likeness (QED) is 0.572. The van der Waals surface area contributed by atoms with Gasteiger partial charge in [-0.2, -0.15) is 0 Å². The molecule has 0 spiro atoms. The van der Waals surface area contributed by atoms with Crippen molar-refractivity contribution in [2.24, 2.45) is 0 Å². The number of nitrogens with one attached hydrogen (secondary N) is 2. The maximum atomic E-state index is 12.7. The average Bonchev–Trinajstić information content (AvgIpc) is 2.79. The zero-order chi connectivity index (χ0) is 20.8. The predicted octanol–water partition coefficient (Wildman–Crippen LogP) is 5.29. The van der Waals surface area contributed by atoms with Crippen LogP contribution in [0.2, 0.25) is 0 Å². The molecule has 1 aliphatic heterocycles. The number of hydrogen-bond acceptors (Lipinski definition) is 4. The third-order valence-electron chi connectivity index (χ3n) is 4.83. The van der Waals surface area contributed by atoms with Crippen LogP contribution in [-0.4, -0.2) is 24.1 Å². The van der Waals surface area contributed by atoms with Crippen molar-refractivity contribution < 1.29 is 9.59 Å². The number of carbonyl (C=O) groups excluding carboxylic acids is 2. The van der Waals surface area contributed by atoms with Crippen LogP contribution in [-0.2, 0) is 9.59 Å². The summed E-state index contributed by atoms with van der Waals surface area (Å²) in [6.45, 7) is 0.679. The fourth-order valence-electron chi connectivity index (χ4n) is 3.33. The van der Waals surface area contributed by atoms with Gasteiger partial charge in [-0.25, -0.2) is 0 Å². The Morgan fingerprint density at radius 3 is 2.27 bits per heavy atom. The highest BCUT2D eigenvalue weighted by Gasteiger charge is 2.22. The minimum absolute atomic E-state index is 0.0136. The third-order valence-corrected chi connectivity index (χ3v) is 5.87. The maximum absolute atomic E-state index is 12.7. The summed E-state index contributed by atoms with van der Waals surface area (Å²) in [5.41, 5.74) is 3.60. The molecule has 0 aromatic heterocycles. The summed E-state index contributed by atoms with van der Waals surface area (Å²) < 4.78 is 0. The number of fused-ring (bicyclic) bond motifs is 1. The van der Waals surface area contributed by atoms with Gasteiger partial charge in [-0.05, 0) is 48.5 Å². The highest BCUT2D eigenvalue weighted by Crippen LogP contribution is 2.34. The van der Waals surface area contributed by atoms with Gasteiger partial charge in [0.25, 0.3) is 0 Å². The fourth-order valence-corrected chi connectivity index (χ4v) is 4.33. The number of para-hydroxylation sites is 2. The average molecular weight is 418 g/mol. The van der Waals surface area contributed by atoms with Crippen molar-refractivity contribution >= 4 is 46.3 Å². The molecule has 3 aromatic carbocycles. The van der Waals surface area contributed by atoms with Crippen molar-refractivity contribution in [3.63, 3.8) is 0 Å². The predicted molar refractivity (Wildman–Crippen MR) is 124 cm³/mol. The Hall–Kier alpha value is -3.25. The van der Waals surface area contributed by atoms with Gasteiger partial charge in [-0.15, -0.1) is 11.8 Å². The van der Waals surface area contributed by atoms with E-state index in [-0.39, 0.29) is 24.7 Å². The second-order valence-corrected chi connectivity index (χ2v) is 8.11. The van der Waals surface area contributed by atoms with E-state index < -0.39 is 0 Å². The molecule has 1 aliphatic rings. The van der Waals surface area contributed by atoms with Gasteiger partial charge in [0.1, 0.15) is 0 Å². The van der Waals surface area contributed by atoms with E-state index in [2.05, 4.69) is 10.6 Å². The van der Waals surface area contributed by atoms with E-state index in [1.807, 2.05) is 78.9 Å². The Kier molecular flexibility index (Phi) is 6.35. The molecule has 4 rings (SSSR count). The number of rotatable bonds is 6. The number of thioether (sulfide) groups is 1. The van der Waals surface area contributed by atoms with E-state index in [9.17, 15) is 9.59 Å². The monoisotopic (exact) mass is 417 g/mol. The van der Waals surface area contributed by atoms with Crippen LogP contribution in [0.4, 0.5) is 22.7 Å². The van der Waals surface area contributed by atoms with E-state index in [0.29, 0.717) is 12.2 Å². The Morgan fingerprint density at radius 2 is 1.47 bits per heavy atom. The van der Waals surface area contributed by atoms with Crippen molar-refractivity contribution in [3.8, 4) is 0 Å². The summed E-state index contributed by atoms with van der Waals surface area (Å²) in [6, 6.07) is 25.3. The molecule has 6 heteroatoms. The molecule has 0 atom stereocenters. The van der Waals surface area contributed by atoms with E-state index in [1.165, 1.54) is 0 Å². The number of anilines is 4. The number of hydrogen-bond donors (Lipinski definition) is 2. The molecule has 30 heavy (non-hydrogen) atoms. The summed E-state index contributed by atoms with van der Waals surface area (Å²) >= 11 is 1.76. The summed E-state index contributed by atoms with van der Waals surface area (Å²) in [7, 11) is 0. The first kappa shape index (κ1) is 20.0. The zero-order valence-corrected chi connectivity index (χ0v) is 17.3. The highest BCUT2D eigenvalue weighted by atomic mass is 32.2. The lowest BCUT2D eigenvalue weighted by Gasteiger charge is -2.29. The van der Waals surface area contributed by atoms with Gasteiger partial charge in [0, 0.05) is 47.1 Å². The van der Waals surface area contributed by atoms with Crippen LogP contribution in [0.5, 0.6) is 0 Å². The smallest absolute Gasteiger partial charge is 0.227 e. The van der Waals surface area contributed by atoms with Crippen molar-refractivity contribution in [3.05, 3.63) is 78.9 Å². The van der Waals surface area contributed by atoms with Gasteiger partial charge in [-0.3, -0.25) is 9.59 Å². The Balaban J connectivity index is 1.28. The van der Waals surface area contributed by atoms with E-state index in [4.69, 9.17) is 0 Å². The summed E-state index contributed by atoms with van der Waals surface area (Å²) in [4.78, 5) is 27.9. The lowest BCUT2D eigenvalue weighted by atomic mass is 10.2. The molecule has 2 amide bonds. The van der Waals surface area contributed by atoms with Gasteiger partial charge in [0.05, 0.1) is 5.69 Å². The molecular weight excluding hydrogens is 394 g/mol. The number of amides is 2. The molecule has 0 radical (unpaired) electrons. The minimum atomic E-state index is -0.160. The van der Waals surface area contributed by atoms with Gasteiger partial charge in [0.2, 0.25) is 11.8 Å². The Bertz CT molecular complexity index is 1020. The fraction of sp³-hybridized carbons (Fsp3) is 0.167. The van der Waals surface area contributed by atoms with Gasteiger partial charge < -0.3 is 15.5 Å². The van der Waals surface area contributed by atoms with Crippen LogP contribution >= 0.6 is 11.8 Å². The number of nitrogens with zero attached hydrogens (tertiary/aromatic N) is 1. The third kappa shape index (κ3) is 5.02. The molecule has 0 bridgehead atoms. The van der Waals surface area contributed by atoms with Crippen molar-refractivity contribution in [2.75, 3.05) is 27.8 Å². The first-order chi connectivity index (χ1) is 14.7. The van der Waals surface area contributed by atoms with Crippen LogP contribution in [0.15, 0.2) is 83.8 Å². The molecule has 152 valence electrons. The molecule has 2 N–H and O–H groups in total. The lowest BCUT2D eigenvalue weighted by molar-refractivity contribution is -0.122. The summed E-state index contributed by atoms with van der Waals surface area (Å²) in [5, 5.41) is 6.17. The first-order valence-corrected chi connectivity index (χ1v) is 10.9. The van der Waals surface area contributed by atoms with Gasteiger partial charge in [-0.1, -0.05) is 30.3 Å². The Labute approximate surface area is 180 Å². The molecule has 5 nitrogen and oxygen atoms in total. The Morgan fingerprint density at radius 1 is 0.800 bits per heavy atom. The molecule has 0 saturated carbocycles. The second-order valence-electron chi connectivity index (χ2n) is 6.98. The van der Waals surface area contributed by atoms with Gasteiger partial charge >= 0.3 is 0 Å². The molecule has 0 fully saturated rings. The number of carbonyl (C=O) groups is 2. The minimum Gasteiger partial charge on any atom is -0.356 e. The molecular formula is C24H23N3O2S. The van der Waals surface area contributed by atoms with Crippen molar-refractivity contribution in [1.82, 2.24) is 0 Å². The lowest BCUT2D eigenvalue weighted by Crippen LogP contribution is -2.35. The van der Waals surface area contributed by atoms with E-state index in [1.54, 1.807) is 16.7 Å². The molecule has 0 unspecified atom stereocenters. The van der Waals surface area contributed by atoms with Crippen molar-refractivity contribution in [2.45, 2.75) is 17.7 Å². The molecule has 1 heterocycles. The largest absolute Gasteiger partial charge is 0.356 e. The van der Waals surface area contributed by atoms with E-state index in [0.717, 1.165) is 27.7 Å². The van der Waals surface area contributed by atoms with Crippen LogP contribution in [0.1, 0.15) is 12.8 Å². The normalized spacial score (nSPS) is 12.7. The number of benzene rings is 3. The second kappa shape index (κ2) is 9.50. The molecule has 3 aromatic rings. The summed E-state index contributed by atoms with van der Waals surface area (Å²) in [6.07, 6.45) is 0.354. The van der Waals surface area contributed by atoms with Crippen LogP contribution < -0.4 is 15.5 Å². The first-order valence-electron chi connectivity index (χ1n) is 9.93. The van der Waals surface area contributed by atoms with Crippen LogP contribution in [0, 0.1) is 0 Å². The van der Waals surface area contributed by atoms with Crippen LogP contribution in [0.25, 0.3) is 0 Å². The van der Waals surface area contributed by atoms with Crippen LogP contribution in [0.3, 0.4) is 0 Å². The highest BCUT2D eigenvalue weighted by molar-refractivity contribution is 7.99. The maximum Gasteiger partial charge on any atom is 0.227 e. The van der Waals surface area contributed by atoms with E-state index >= 15 is 0 Å². The molecule has 0 saturated heterocycles. The molecule has 0 aliphatic carbocycles. The zero-order valence-electron chi connectivity index (χ0n) is 16.5. The standard InChI is InChI=1S/C24H23N3O2S/c28-23(14-15-24(29)27-16-17-30-22-9-5-4-8-21(22)27)26-20-12-10-19(11-13-20)25-18-6-2-1-3-7-18/h1-13,25H,14-17H2,(H,26,28). The summed E-state index contributed by atoms with van der Waals surface area (Å²) in [5.74, 6) is 0.699. The topological polar surface area (TPSA) is 61.4 Å². The van der Waals surface area contributed by atoms with Gasteiger partial charge in [0.15, 0.2) is 0 Å².